The van der Waals surface area contributed by atoms with E-state index in [0.29, 0.717) is 9.75 Å². The van der Waals surface area contributed by atoms with E-state index in [1.54, 1.807) is 13.0 Å². The molecule has 3 unspecified atom stereocenters. The molecule has 7 heteroatoms. The minimum atomic E-state index is -3.52. The van der Waals surface area contributed by atoms with E-state index in [2.05, 4.69) is 4.72 Å². The molecule has 2 bridgehead atoms. The lowest BCUT2D eigenvalue weighted by Gasteiger charge is -2.19. The zero-order valence-electron chi connectivity index (χ0n) is 10.6. The zero-order valence-corrected chi connectivity index (χ0v) is 12.3. The summed E-state index contributed by atoms with van der Waals surface area (Å²) >= 11 is 1.31. The second-order valence-corrected chi connectivity index (χ2v) is 8.15. The number of nitrogens with one attached hydrogen (secondary N) is 1. The molecule has 0 aliphatic carbocycles. The zero-order chi connectivity index (χ0) is 13.6. The molecule has 2 N–H and O–H groups in total. The average Bonchev–Trinajstić information content (AvgIpc) is 3.02. The Bertz CT molecular complexity index is 581. The van der Waals surface area contributed by atoms with Gasteiger partial charge in [-0.15, -0.1) is 11.3 Å². The van der Waals surface area contributed by atoms with Crippen LogP contribution < -0.4 is 4.72 Å². The normalized spacial score (nSPS) is 30.1. The van der Waals surface area contributed by atoms with Gasteiger partial charge in [-0.3, -0.25) is 0 Å². The van der Waals surface area contributed by atoms with Crippen molar-refractivity contribution < 1.29 is 18.3 Å². The second-order valence-electron chi connectivity index (χ2n) is 5.13. The molecule has 0 saturated carbocycles. The number of sulfonamides is 1. The molecule has 5 nitrogen and oxygen atoms in total. The molecule has 106 valence electrons. The molecule has 1 aromatic heterocycles. The van der Waals surface area contributed by atoms with Gasteiger partial charge >= 0.3 is 0 Å². The third kappa shape index (κ3) is 2.45. The Kier molecular flexibility index (Phi) is 3.43. The van der Waals surface area contributed by atoms with Crippen LogP contribution in [0.25, 0.3) is 0 Å². The van der Waals surface area contributed by atoms with E-state index < -0.39 is 10.0 Å². The van der Waals surface area contributed by atoms with Crippen LogP contribution in [-0.2, 0) is 21.4 Å². The van der Waals surface area contributed by atoms with Crippen LogP contribution >= 0.6 is 11.3 Å². The molecule has 19 heavy (non-hydrogen) atoms. The van der Waals surface area contributed by atoms with Crippen molar-refractivity contribution in [1.29, 1.82) is 0 Å². The maximum absolute atomic E-state index is 12.4. The average molecular weight is 303 g/mol. The van der Waals surface area contributed by atoms with Crippen LogP contribution in [0.2, 0.25) is 0 Å². The van der Waals surface area contributed by atoms with Gasteiger partial charge in [0.25, 0.3) is 0 Å². The van der Waals surface area contributed by atoms with E-state index in [1.807, 2.05) is 0 Å². The standard InChI is InChI=1S/C12H17NO4S2/c1-7-12(5-9(6-14)18-7)19(15,16)13-10-4-8-2-3-11(10)17-8/h5,8,10-11,13-14H,2-4,6H2,1H3. The highest BCUT2D eigenvalue weighted by atomic mass is 32.2. The van der Waals surface area contributed by atoms with Crippen molar-refractivity contribution in [3.63, 3.8) is 0 Å². The quantitative estimate of drug-likeness (QED) is 0.875. The summed E-state index contributed by atoms with van der Waals surface area (Å²) in [7, 11) is -3.52. The first kappa shape index (κ1) is 13.5. The smallest absolute Gasteiger partial charge is 0.242 e. The molecule has 1 aromatic rings. The van der Waals surface area contributed by atoms with E-state index in [9.17, 15) is 8.42 Å². The summed E-state index contributed by atoms with van der Waals surface area (Å²) in [6.07, 6.45) is 2.97. The summed E-state index contributed by atoms with van der Waals surface area (Å²) in [5, 5.41) is 9.09. The Hall–Kier alpha value is -0.470. The number of aliphatic hydroxyl groups is 1. The number of hydrogen-bond acceptors (Lipinski definition) is 5. The highest BCUT2D eigenvalue weighted by Crippen LogP contribution is 2.35. The largest absolute Gasteiger partial charge is 0.391 e. The molecule has 2 saturated heterocycles. The molecule has 3 heterocycles. The van der Waals surface area contributed by atoms with Crippen LogP contribution in [0.5, 0.6) is 0 Å². The third-order valence-corrected chi connectivity index (χ3v) is 6.56. The topological polar surface area (TPSA) is 75.6 Å². The fourth-order valence-electron chi connectivity index (χ4n) is 2.89. The van der Waals surface area contributed by atoms with Crippen molar-refractivity contribution in [2.24, 2.45) is 0 Å². The minimum Gasteiger partial charge on any atom is -0.391 e. The molecule has 3 rings (SSSR count). The summed E-state index contributed by atoms with van der Waals surface area (Å²) < 4.78 is 33.2. The number of aryl methyl sites for hydroxylation is 1. The summed E-state index contributed by atoms with van der Waals surface area (Å²) in [6.45, 7) is 1.63. The monoisotopic (exact) mass is 303 g/mol. The van der Waals surface area contributed by atoms with Crippen LogP contribution in [-0.4, -0.2) is 31.8 Å². The van der Waals surface area contributed by atoms with E-state index in [4.69, 9.17) is 9.84 Å². The Morgan fingerprint density at radius 1 is 1.53 bits per heavy atom. The van der Waals surface area contributed by atoms with Crippen LogP contribution in [0, 0.1) is 6.92 Å². The van der Waals surface area contributed by atoms with E-state index in [1.165, 1.54) is 11.3 Å². The number of fused-ring (bicyclic) bond motifs is 2. The molecular formula is C12H17NO4S2. The molecule has 0 amide bonds. The van der Waals surface area contributed by atoms with Crippen LogP contribution in [0.1, 0.15) is 29.0 Å². The lowest BCUT2D eigenvalue weighted by molar-refractivity contribution is 0.0996. The Labute approximate surface area is 116 Å². The molecule has 0 aromatic carbocycles. The summed E-state index contributed by atoms with van der Waals surface area (Å²) in [4.78, 5) is 1.66. The van der Waals surface area contributed by atoms with Gasteiger partial charge in [0.1, 0.15) is 0 Å². The van der Waals surface area contributed by atoms with Gasteiger partial charge in [-0.2, -0.15) is 0 Å². The van der Waals surface area contributed by atoms with Gasteiger partial charge in [-0.1, -0.05) is 0 Å². The summed E-state index contributed by atoms with van der Waals surface area (Å²) in [6, 6.07) is 1.44. The maximum atomic E-state index is 12.4. The van der Waals surface area contributed by atoms with Crippen molar-refractivity contribution in [1.82, 2.24) is 4.72 Å². The number of ether oxygens (including phenoxy) is 1. The van der Waals surface area contributed by atoms with Gasteiger partial charge in [0.05, 0.1) is 29.8 Å². The highest BCUT2D eigenvalue weighted by molar-refractivity contribution is 7.89. The third-order valence-electron chi connectivity index (χ3n) is 3.78. The van der Waals surface area contributed by atoms with Crippen molar-refractivity contribution in [3.8, 4) is 0 Å². The first-order valence-corrected chi connectivity index (χ1v) is 8.67. The first-order chi connectivity index (χ1) is 8.99. The van der Waals surface area contributed by atoms with Crippen LogP contribution in [0.3, 0.4) is 0 Å². The Morgan fingerprint density at radius 3 is 2.84 bits per heavy atom. The second kappa shape index (κ2) is 4.82. The molecule has 2 aliphatic heterocycles. The lowest BCUT2D eigenvalue weighted by Crippen LogP contribution is -2.41. The van der Waals surface area contributed by atoms with Gasteiger partial charge in [-0.25, -0.2) is 13.1 Å². The van der Waals surface area contributed by atoms with Crippen molar-refractivity contribution in [2.75, 3.05) is 0 Å². The van der Waals surface area contributed by atoms with E-state index in [0.717, 1.165) is 19.3 Å². The molecular weight excluding hydrogens is 286 g/mol. The Morgan fingerprint density at radius 2 is 2.32 bits per heavy atom. The fourth-order valence-corrected chi connectivity index (χ4v) is 5.67. The number of hydrogen-bond donors (Lipinski definition) is 2. The molecule has 2 aliphatic rings. The fraction of sp³-hybridized carbons (Fsp3) is 0.667. The lowest BCUT2D eigenvalue weighted by atomic mass is 9.96. The predicted octanol–water partition coefficient (Wildman–Crippen LogP) is 1.15. The number of aliphatic hydroxyl groups excluding tert-OH is 1. The molecule has 0 radical (unpaired) electrons. The van der Waals surface area contributed by atoms with Gasteiger partial charge < -0.3 is 9.84 Å². The van der Waals surface area contributed by atoms with Gasteiger partial charge in [0.2, 0.25) is 10.0 Å². The van der Waals surface area contributed by atoms with Crippen molar-refractivity contribution in [2.45, 2.75) is 55.9 Å². The highest BCUT2D eigenvalue weighted by Gasteiger charge is 2.42. The van der Waals surface area contributed by atoms with E-state index in [-0.39, 0.29) is 29.8 Å². The summed E-state index contributed by atoms with van der Waals surface area (Å²) in [5.74, 6) is 0. The first-order valence-electron chi connectivity index (χ1n) is 6.37. The summed E-state index contributed by atoms with van der Waals surface area (Å²) in [5.41, 5.74) is 0. The minimum absolute atomic E-state index is 0.0241. The van der Waals surface area contributed by atoms with Gasteiger partial charge in [0.15, 0.2) is 0 Å². The number of rotatable bonds is 4. The maximum Gasteiger partial charge on any atom is 0.242 e. The Balaban J connectivity index is 1.80. The molecule has 3 atom stereocenters. The molecule has 0 spiro atoms. The van der Waals surface area contributed by atoms with Crippen LogP contribution in [0.15, 0.2) is 11.0 Å². The predicted molar refractivity (Wildman–Crippen MR) is 71.6 cm³/mol. The van der Waals surface area contributed by atoms with Gasteiger partial charge in [-0.05, 0) is 32.3 Å². The molecule has 2 fully saturated rings. The SMILES string of the molecule is Cc1sc(CO)cc1S(=O)(=O)NC1CC2CCC1O2. The van der Waals surface area contributed by atoms with E-state index >= 15 is 0 Å². The van der Waals surface area contributed by atoms with Crippen molar-refractivity contribution >= 4 is 21.4 Å². The number of thiophene rings is 1. The van der Waals surface area contributed by atoms with Crippen molar-refractivity contribution in [3.05, 3.63) is 15.8 Å². The van der Waals surface area contributed by atoms with Crippen LogP contribution in [0.4, 0.5) is 0 Å². The van der Waals surface area contributed by atoms with Gasteiger partial charge in [0, 0.05) is 9.75 Å².